The fourth-order valence-corrected chi connectivity index (χ4v) is 3.84. The van der Waals surface area contributed by atoms with E-state index < -0.39 is 0 Å². The summed E-state index contributed by atoms with van der Waals surface area (Å²) < 4.78 is 22.1. The third-order valence-corrected chi connectivity index (χ3v) is 5.50. The molecule has 0 aliphatic heterocycles. The van der Waals surface area contributed by atoms with Gasteiger partial charge in [0.15, 0.2) is 0 Å². The number of hydrogen-bond acceptors (Lipinski definition) is 5. The maximum absolute atomic E-state index is 13.6. The zero-order valence-electron chi connectivity index (χ0n) is 18.9. The van der Waals surface area contributed by atoms with E-state index in [1.165, 1.54) is 12.1 Å². The van der Waals surface area contributed by atoms with Crippen molar-refractivity contribution in [3.8, 4) is 22.5 Å². The molecule has 0 amide bonds. The number of methoxy groups -OCH3 is 1. The van der Waals surface area contributed by atoms with Crippen LogP contribution < -0.4 is 10.5 Å². The Labute approximate surface area is 191 Å². The molecule has 4 rings (SSSR count). The molecule has 0 saturated carbocycles. The number of anilines is 1. The maximum Gasteiger partial charge on any atom is 0.275 e. The molecule has 0 spiro atoms. The maximum atomic E-state index is 13.6. The highest BCUT2D eigenvalue weighted by atomic mass is 19.1. The molecule has 0 aliphatic rings. The summed E-state index contributed by atoms with van der Waals surface area (Å²) in [4.78, 5) is 24.5. The molecule has 33 heavy (non-hydrogen) atoms. The van der Waals surface area contributed by atoms with Gasteiger partial charge in [0, 0.05) is 33.9 Å². The van der Waals surface area contributed by atoms with Gasteiger partial charge in [0.05, 0.1) is 30.1 Å². The Morgan fingerprint density at radius 3 is 2.48 bits per heavy atom. The highest BCUT2D eigenvalue weighted by Crippen LogP contribution is 2.29. The second-order valence-electron chi connectivity index (χ2n) is 7.76. The van der Waals surface area contributed by atoms with Gasteiger partial charge in [-0.25, -0.2) is 19.0 Å². The smallest absolute Gasteiger partial charge is 0.275 e. The Morgan fingerprint density at radius 1 is 1.06 bits per heavy atom. The average molecular weight is 448 g/mol. The highest BCUT2D eigenvalue weighted by Gasteiger charge is 2.22. The standard InChI is InChI=1S/C25H26FN5O2/c1-29(17-18-7-5-4-6-8-18)25-27-14-13-21(28-25)23-22(19-9-11-20(26)12-10-19)24(32)31(30(23)2)15-16-33-3/h4-14H,15-17H2,1-3H3. The van der Waals surface area contributed by atoms with Crippen LogP contribution in [-0.2, 0) is 24.9 Å². The van der Waals surface area contributed by atoms with Gasteiger partial charge in [-0.15, -0.1) is 0 Å². The van der Waals surface area contributed by atoms with Gasteiger partial charge in [0.25, 0.3) is 5.56 Å². The van der Waals surface area contributed by atoms with Gasteiger partial charge in [-0.2, -0.15) is 0 Å². The van der Waals surface area contributed by atoms with Crippen molar-refractivity contribution in [1.29, 1.82) is 0 Å². The van der Waals surface area contributed by atoms with Crippen LogP contribution in [0.3, 0.4) is 0 Å². The van der Waals surface area contributed by atoms with E-state index in [0.717, 1.165) is 5.56 Å². The summed E-state index contributed by atoms with van der Waals surface area (Å²) in [6, 6.07) is 17.8. The van der Waals surface area contributed by atoms with Crippen LogP contribution in [0.15, 0.2) is 71.7 Å². The zero-order chi connectivity index (χ0) is 23.4. The number of ether oxygens (including phenoxy) is 1. The van der Waals surface area contributed by atoms with Crippen molar-refractivity contribution in [3.05, 3.63) is 88.6 Å². The van der Waals surface area contributed by atoms with Gasteiger partial charge in [-0.3, -0.25) is 9.48 Å². The summed E-state index contributed by atoms with van der Waals surface area (Å²) in [6.07, 6.45) is 1.69. The van der Waals surface area contributed by atoms with Crippen LogP contribution in [0.4, 0.5) is 10.3 Å². The molecule has 0 atom stereocenters. The molecule has 2 heterocycles. The zero-order valence-corrected chi connectivity index (χ0v) is 18.9. The molecule has 0 saturated heterocycles. The second-order valence-corrected chi connectivity index (χ2v) is 7.76. The first kappa shape index (κ1) is 22.4. The summed E-state index contributed by atoms with van der Waals surface area (Å²) in [5.74, 6) is 0.182. The van der Waals surface area contributed by atoms with Crippen LogP contribution in [0.5, 0.6) is 0 Å². The van der Waals surface area contributed by atoms with Crippen LogP contribution in [0, 0.1) is 5.82 Å². The molecular weight excluding hydrogens is 421 g/mol. The van der Waals surface area contributed by atoms with Gasteiger partial charge in [-0.05, 0) is 29.3 Å². The molecular formula is C25H26FN5O2. The largest absolute Gasteiger partial charge is 0.383 e. The van der Waals surface area contributed by atoms with Crippen molar-refractivity contribution in [2.75, 3.05) is 25.7 Å². The lowest BCUT2D eigenvalue weighted by molar-refractivity contribution is 0.178. The minimum absolute atomic E-state index is 0.186. The third kappa shape index (κ3) is 4.70. The summed E-state index contributed by atoms with van der Waals surface area (Å²) in [5.41, 5.74) is 3.28. The first-order chi connectivity index (χ1) is 16.0. The van der Waals surface area contributed by atoms with Crippen molar-refractivity contribution in [3.63, 3.8) is 0 Å². The Kier molecular flexibility index (Phi) is 6.65. The molecule has 0 N–H and O–H groups in total. The Balaban J connectivity index is 1.80. The van der Waals surface area contributed by atoms with Gasteiger partial charge in [0.2, 0.25) is 5.95 Å². The van der Waals surface area contributed by atoms with E-state index >= 15 is 0 Å². The monoisotopic (exact) mass is 447 g/mol. The van der Waals surface area contributed by atoms with Crippen LogP contribution in [0.1, 0.15) is 5.56 Å². The highest BCUT2D eigenvalue weighted by molar-refractivity contribution is 5.79. The van der Waals surface area contributed by atoms with Gasteiger partial charge < -0.3 is 9.64 Å². The third-order valence-electron chi connectivity index (χ3n) is 5.50. The molecule has 0 aliphatic carbocycles. The minimum atomic E-state index is -0.359. The lowest BCUT2D eigenvalue weighted by atomic mass is 10.0. The summed E-state index contributed by atoms with van der Waals surface area (Å²) >= 11 is 0. The number of nitrogens with zero attached hydrogens (tertiary/aromatic N) is 5. The summed E-state index contributed by atoms with van der Waals surface area (Å²) in [5, 5.41) is 0. The normalized spacial score (nSPS) is 11.0. The lowest BCUT2D eigenvalue weighted by Crippen LogP contribution is -2.24. The number of rotatable bonds is 8. The molecule has 0 bridgehead atoms. The van der Waals surface area contributed by atoms with Gasteiger partial charge in [-0.1, -0.05) is 42.5 Å². The molecule has 2 aromatic carbocycles. The number of aromatic nitrogens is 4. The molecule has 2 aromatic heterocycles. The van der Waals surface area contributed by atoms with E-state index in [9.17, 15) is 9.18 Å². The quantitative estimate of drug-likeness (QED) is 0.412. The minimum Gasteiger partial charge on any atom is -0.383 e. The fourth-order valence-electron chi connectivity index (χ4n) is 3.84. The van der Waals surface area contributed by atoms with Gasteiger partial charge >= 0.3 is 0 Å². The van der Waals surface area contributed by atoms with E-state index in [0.29, 0.717) is 48.2 Å². The van der Waals surface area contributed by atoms with E-state index in [2.05, 4.69) is 4.98 Å². The average Bonchev–Trinajstić information content (AvgIpc) is 3.08. The van der Waals surface area contributed by atoms with Crippen molar-refractivity contribution in [2.24, 2.45) is 7.05 Å². The number of halogens is 1. The predicted octanol–water partition coefficient (Wildman–Crippen LogP) is 3.73. The van der Waals surface area contributed by atoms with Crippen molar-refractivity contribution in [2.45, 2.75) is 13.1 Å². The van der Waals surface area contributed by atoms with E-state index in [1.807, 2.05) is 49.3 Å². The molecule has 4 aromatic rings. The van der Waals surface area contributed by atoms with E-state index in [1.54, 1.807) is 40.9 Å². The summed E-state index contributed by atoms with van der Waals surface area (Å²) in [6.45, 7) is 1.41. The van der Waals surface area contributed by atoms with Gasteiger partial charge in [0.1, 0.15) is 5.82 Å². The van der Waals surface area contributed by atoms with E-state index in [4.69, 9.17) is 9.72 Å². The molecule has 0 radical (unpaired) electrons. The number of benzene rings is 2. The first-order valence-electron chi connectivity index (χ1n) is 10.6. The molecule has 0 unspecified atom stereocenters. The van der Waals surface area contributed by atoms with E-state index in [-0.39, 0.29) is 11.4 Å². The first-order valence-corrected chi connectivity index (χ1v) is 10.6. The van der Waals surface area contributed by atoms with Crippen molar-refractivity contribution in [1.82, 2.24) is 19.3 Å². The van der Waals surface area contributed by atoms with Crippen LogP contribution in [0.25, 0.3) is 22.5 Å². The lowest BCUT2D eigenvalue weighted by Gasteiger charge is -2.18. The Morgan fingerprint density at radius 2 is 1.79 bits per heavy atom. The van der Waals surface area contributed by atoms with Crippen LogP contribution in [-0.4, -0.2) is 40.1 Å². The summed E-state index contributed by atoms with van der Waals surface area (Å²) in [7, 11) is 5.33. The Bertz CT molecular complexity index is 1280. The Hall–Kier alpha value is -3.78. The molecule has 7 nitrogen and oxygen atoms in total. The number of hydrogen-bond donors (Lipinski definition) is 0. The second kappa shape index (κ2) is 9.79. The van der Waals surface area contributed by atoms with Crippen molar-refractivity contribution < 1.29 is 9.13 Å². The molecule has 170 valence electrons. The van der Waals surface area contributed by atoms with Crippen LogP contribution >= 0.6 is 0 Å². The topological polar surface area (TPSA) is 65.2 Å². The van der Waals surface area contributed by atoms with Crippen molar-refractivity contribution >= 4 is 5.95 Å². The molecule has 8 heteroatoms. The molecule has 0 fully saturated rings. The predicted molar refractivity (Wildman–Crippen MR) is 127 cm³/mol. The fraction of sp³-hybridized carbons (Fsp3) is 0.240. The van der Waals surface area contributed by atoms with Crippen LogP contribution in [0.2, 0.25) is 0 Å². The SMILES string of the molecule is COCCn1c(=O)c(-c2ccc(F)cc2)c(-c2ccnc(N(C)Cc3ccccc3)n2)n1C.